The van der Waals surface area contributed by atoms with Crippen molar-refractivity contribution in [1.29, 1.82) is 0 Å². The maximum absolute atomic E-state index is 12.4. The summed E-state index contributed by atoms with van der Waals surface area (Å²) in [7, 11) is 2.11. The number of pyridine rings is 1. The molecule has 1 saturated heterocycles. The smallest absolute Gasteiger partial charge is 0.341 e. The van der Waals surface area contributed by atoms with Crippen molar-refractivity contribution in [3.8, 4) is 0 Å². The highest BCUT2D eigenvalue weighted by molar-refractivity contribution is 14.1. The molecular formula is C17H19IN2O3. The van der Waals surface area contributed by atoms with Crippen LogP contribution in [0.5, 0.6) is 0 Å². The number of halogens is 1. The molecule has 0 spiro atoms. The van der Waals surface area contributed by atoms with E-state index in [0.717, 1.165) is 41.6 Å². The molecule has 1 atom stereocenters. The summed E-state index contributed by atoms with van der Waals surface area (Å²) in [6, 6.07) is 5.64. The topological polar surface area (TPSA) is 62.5 Å². The van der Waals surface area contributed by atoms with E-state index in [2.05, 4.69) is 34.5 Å². The Labute approximate surface area is 148 Å². The molecule has 2 heterocycles. The summed E-state index contributed by atoms with van der Waals surface area (Å²) in [6.45, 7) is 2.85. The lowest BCUT2D eigenvalue weighted by molar-refractivity contribution is 0.0694. The van der Waals surface area contributed by atoms with Crippen molar-refractivity contribution in [2.24, 2.45) is 5.92 Å². The minimum Gasteiger partial charge on any atom is -0.477 e. The van der Waals surface area contributed by atoms with Crippen molar-refractivity contribution in [1.82, 2.24) is 9.47 Å². The molecule has 2 aromatic rings. The van der Waals surface area contributed by atoms with Crippen LogP contribution in [0.2, 0.25) is 0 Å². The number of carboxylic acid groups (broad SMARTS) is 1. The highest BCUT2D eigenvalue weighted by Gasteiger charge is 2.20. The fraction of sp³-hybridized carbons (Fsp3) is 0.412. The molecule has 1 aliphatic rings. The third kappa shape index (κ3) is 3.42. The predicted molar refractivity (Wildman–Crippen MR) is 98.1 cm³/mol. The van der Waals surface area contributed by atoms with Gasteiger partial charge in [0.05, 0.1) is 5.52 Å². The number of nitrogens with zero attached hydrogens (tertiary/aromatic N) is 2. The van der Waals surface area contributed by atoms with Crippen LogP contribution in [0.4, 0.5) is 0 Å². The Balaban J connectivity index is 2.09. The van der Waals surface area contributed by atoms with Crippen LogP contribution in [-0.4, -0.2) is 40.7 Å². The second kappa shape index (κ2) is 6.60. The minimum atomic E-state index is -1.16. The minimum absolute atomic E-state index is 0.149. The fourth-order valence-corrected chi connectivity index (χ4v) is 3.86. The van der Waals surface area contributed by atoms with Gasteiger partial charge in [0.1, 0.15) is 5.56 Å². The van der Waals surface area contributed by atoms with Crippen LogP contribution in [0.15, 0.2) is 29.2 Å². The van der Waals surface area contributed by atoms with Crippen LogP contribution in [0.1, 0.15) is 23.2 Å². The molecule has 0 saturated carbocycles. The Morgan fingerprint density at radius 1 is 1.43 bits per heavy atom. The largest absolute Gasteiger partial charge is 0.477 e. The van der Waals surface area contributed by atoms with Gasteiger partial charge in [-0.15, -0.1) is 0 Å². The lowest BCUT2D eigenvalue weighted by atomic mass is 9.98. The van der Waals surface area contributed by atoms with Crippen molar-refractivity contribution in [3.05, 3.63) is 43.8 Å². The first-order valence-corrected chi connectivity index (χ1v) is 8.78. The number of aromatic nitrogens is 1. The highest BCUT2D eigenvalue weighted by atomic mass is 127. The Kier molecular flexibility index (Phi) is 4.72. The van der Waals surface area contributed by atoms with Gasteiger partial charge in [-0.1, -0.05) is 0 Å². The van der Waals surface area contributed by atoms with Crippen molar-refractivity contribution in [3.63, 3.8) is 0 Å². The van der Waals surface area contributed by atoms with Crippen LogP contribution in [-0.2, 0) is 6.54 Å². The maximum Gasteiger partial charge on any atom is 0.341 e. The van der Waals surface area contributed by atoms with E-state index in [9.17, 15) is 14.7 Å². The number of piperidine rings is 1. The van der Waals surface area contributed by atoms with E-state index in [1.54, 1.807) is 6.07 Å². The summed E-state index contributed by atoms with van der Waals surface area (Å²) >= 11 is 2.14. The molecule has 6 heteroatoms. The van der Waals surface area contributed by atoms with Gasteiger partial charge in [0.15, 0.2) is 0 Å². The third-order valence-electron chi connectivity index (χ3n) is 4.45. The molecule has 1 unspecified atom stereocenters. The van der Waals surface area contributed by atoms with Crippen molar-refractivity contribution in [2.45, 2.75) is 19.4 Å². The van der Waals surface area contributed by atoms with Gasteiger partial charge in [-0.3, -0.25) is 4.79 Å². The van der Waals surface area contributed by atoms with E-state index in [4.69, 9.17) is 0 Å². The summed E-state index contributed by atoms with van der Waals surface area (Å²) in [5, 5.41) is 9.83. The summed E-state index contributed by atoms with van der Waals surface area (Å²) in [4.78, 5) is 26.1. The van der Waals surface area contributed by atoms with E-state index in [0.29, 0.717) is 11.3 Å². The standard InChI is InChI=1S/C17H19IN2O3/c1-19-6-2-3-11(8-19)9-20-10-14(17(22)23)16(21)13-7-12(18)4-5-15(13)20/h4-5,7,10-11H,2-3,6,8-9H2,1H3,(H,22,23). The van der Waals surface area contributed by atoms with E-state index in [1.165, 1.54) is 6.20 Å². The number of hydrogen-bond donors (Lipinski definition) is 1. The predicted octanol–water partition coefficient (Wildman–Crippen LogP) is 2.65. The van der Waals surface area contributed by atoms with Crippen LogP contribution in [0, 0.1) is 9.49 Å². The van der Waals surface area contributed by atoms with Crippen LogP contribution in [0.25, 0.3) is 10.9 Å². The monoisotopic (exact) mass is 426 g/mol. The Morgan fingerprint density at radius 3 is 2.91 bits per heavy atom. The fourth-order valence-electron chi connectivity index (χ4n) is 3.37. The van der Waals surface area contributed by atoms with Crippen molar-refractivity contribution >= 4 is 39.5 Å². The molecule has 0 aliphatic carbocycles. The lowest BCUT2D eigenvalue weighted by Crippen LogP contribution is -2.34. The zero-order valence-electron chi connectivity index (χ0n) is 13.0. The molecule has 1 fully saturated rings. The summed E-state index contributed by atoms with van der Waals surface area (Å²) in [5.74, 6) is -0.689. The van der Waals surface area contributed by atoms with E-state index in [1.807, 2.05) is 16.7 Å². The lowest BCUT2D eigenvalue weighted by Gasteiger charge is -2.30. The van der Waals surface area contributed by atoms with E-state index < -0.39 is 11.4 Å². The number of hydrogen-bond acceptors (Lipinski definition) is 3. The molecule has 122 valence electrons. The first-order chi connectivity index (χ1) is 11.0. The molecule has 5 nitrogen and oxygen atoms in total. The highest BCUT2D eigenvalue weighted by Crippen LogP contribution is 2.21. The van der Waals surface area contributed by atoms with Crippen molar-refractivity contribution in [2.75, 3.05) is 20.1 Å². The number of likely N-dealkylation sites (tertiary alicyclic amines) is 1. The number of carboxylic acids is 1. The van der Waals surface area contributed by atoms with E-state index in [-0.39, 0.29) is 5.56 Å². The molecule has 1 aromatic carbocycles. The molecule has 23 heavy (non-hydrogen) atoms. The quantitative estimate of drug-likeness (QED) is 0.767. The third-order valence-corrected chi connectivity index (χ3v) is 5.12. The molecule has 0 bridgehead atoms. The zero-order chi connectivity index (χ0) is 16.6. The Hall–Kier alpha value is -1.41. The Morgan fingerprint density at radius 2 is 2.22 bits per heavy atom. The second-order valence-electron chi connectivity index (χ2n) is 6.26. The summed E-state index contributed by atoms with van der Waals surface area (Å²) in [5.41, 5.74) is 0.264. The zero-order valence-corrected chi connectivity index (χ0v) is 15.1. The van der Waals surface area contributed by atoms with Crippen LogP contribution in [0.3, 0.4) is 0 Å². The van der Waals surface area contributed by atoms with Crippen LogP contribution >= 0.6 is 22.6 Å². The maximum atomic E-state index is 12.4. The van der Waals surface area contributed by atoms with Gasteiger partial charge >= 0.3 is 5.97 Å². The van der Waals surface area contributed by atoms with Crippen LogP contribution < -0.4 is 5.43 Å². The number of rotatable bonds is 3. The number of fused-ring (bicyclic) bond motifs is 1. The average Bonchev–Trinajstić information content (AvgIpc) is 2.50. The molecular weight excluding hydrogens is 407 g/mol. The molecule has 0 amide bonds. The second-order valence-corrected chi connectivity index (χ2v) is 7.51. The number of benzene rings is 1. The molecule has 1 aromatic heterocycles. The molecule has 1 N–H and O–H groups in total. The first-order valence-electron chi connectivity index (χ1n) is 7.70. The average molecular weight is 426 g/mol. The number of carbonyl (C=O) groups is 1. The van der Waals surface area contributed by atoms with Gasteiger partial charge in [-0.25, -0.2) is 4.79 Å². The number of aromatic carboxylic acids is 1. The normalized spacial score (nSPS) is 19.1. The summed E-state index contributed by atoms with van der Waals surface area (Å²) in [6.07, 6.45) is 3.79. The van der Waals surface area contributed by atoms with Crippen molar-refractivity contribution < 1.29 is 9.90 Å². The van der Waals surface area contributed by atoms with Gasteiger partial charge in [0.2, 0.25) is 5.43 Å². The van der Waals surface area contributed by atoms with Gasteiger partial charge in [-0.2, -0.15) is 0 Å². The Bertz CT molecular complexity index is 815. The molecule has 0 radical (unpaired) electrons. The molecule has 3 rings (SSSR count). The SMILES string of the molecule is CN1CCCC(Cn2cc(C(=O)O)c(=O)c3cc(I)ccc32)C1. The summed E-state index contributed by atoms with van der Waals surface area (Å²) < 4.78 is 2.87. The first kappa shape index (κ1) is 16.4. The van der Waals surface area contributed by atoms with Gasteiger partial charge < -0.3 is 14.6 Å². The van der Waals surface area contributed by atoms with Gasteiger partial charge in [0, 0.05) is 28.2 Å². The van der Waals surface area contributed by atoms with Gasteiger partial charge in [-0.05, 0) is 73.1 Å². The van der Waals surface area contributed by atoms with Gasteiger partial charge in [0.25, 0.3) is 0 Å². The van der Waals surface area contributed by atoms with E-state index >= 15 is 0 Å². The molecule has 1 aliphatic heterocycles.